The second kappa shape index (κ2) is 6.01. The SMILES string of the molecule is CCN(CC)C1CCN(C(=O)c2ccccc2)C1. The van der Waals surface area contributed by atoms with Crippen molar-refractivity contribution in [1.29, 1.82) is 0 Å². The van der Waals surface area contributed by atoms with E-state index in [1.165, 1.54) is 0 Å². The Labute approximate surface area is 109 Å². The molecule has 0 saturated carbocycles. The zero-order chi connectivity index (χ0) is 13.0. The van der Waals surface area contributed by atoms with E-state index in [0.717, 1.165) is 38.2 Å². The van der Waals surface area contributed by atoms with Gasteiger partial charge in [0.1, 0.15) is 0 Å². The van der Waals surface area contributed by atoms with Gasteiger partial charge in [0.15, 0.2) is 0 Å². The van der Waals surface area contributed by atoms with E-state index in [2.05, 4.69) is 18.7 Å². The molecular formula is C15H22N2O. The summed E-state index contributed by atoms with van der Waals surface area (Å²) in [5.41, 5.74) is 0.803. The van der Waals surface area contributed by atoms with E-state index >= 15 is 0 Å². The van der Waals surface area contributed by atoms with Crippen LogP contribution in [0.3, 0.4) is 0 Å². The lowest BCUT2D eigenvalue weighted by Gasteiger charge is -2.26. The number of carbonyl (C=O) groups is 1. The second-order valence-electron chi connectivity index (χ2n) is 4.78. The van der Waals surface area contributed by atoms with Gasteiger partial charge in [0.25, 0.3) is 5.91 Å². The molecule has 1 aliphatic rings. The van der Waals surface area contributed by atoms with Gasteiger partial charge in [-0.25, -0.2) is 0 Å². The molecular weight excluding hydrogens is 224 g/mol. The van der Waals surface area contributed by atoms with Crippen LogP contribution in [-0.4, -0.2) is 47.9 Å². The summed E-state index contributed by atoms with van der Waals surface area (Å²) in [5.74, 6) is 0.172. The predicted molar refractivity (Wildman–Crippen MR) is 73.7 cm³/mol. The second-order valence-corrected chi connectivity index (χ2v) is 4.78. The minimum absolute atomic E-state index is 0.172. The maximum Gasteiger partial charge on any atom is 0.253 e. The predicted octanol–water partition coefficient (Wildman–Crippen LogP) is 2.24. The summed E-state index contributed by atoms with van der Waals surface area (Å²) >= 11 is 0. The summed E-state index contributed by atoms with van der Waals surface area (Å²) in [6.07, 6.45) is 1.10. The number of likely N-dealkylation sites (N-methyl/N-ethyl adjacent to an activating group) is 1. The number of rotatable bonds is 4. The third-order valence-electron chi connectivity index (χ3n) is 3.80. The fourth-order valence-electron chi connectivity index (χ4n) is 2.73. The van der Waals surface area contributed by atoms with Gasteiger partial charge >= 0.3 is 0 Å². The maximum atomic E-state index is 12.3. The molecule has 1 atom stereocenters. The van der Waals surface area contributed by atoms with Crippen molar-refractivity contribution < 1.29 is 4.79 Å². The number of hydrogen-bond acceptors (Lipinski definition) is 2. The molecule has 1 heterocycles. The van der Waals surface area contributed by atoms with Crippen LogP contribution in [-0.2, 0) is 0 Å². The van der Waals surface area contributed by atoms with E-state index in [-0.39, 0.29) is 5.91 Å². The van der Waals surface area contributed by atoms with Gasteiger partial charge in [0, 0.05) is 24.7 Å². The van der Waals surface area contributed by atoms with E-state index in [0.29, 0.717) is 6.04 Å². The van der Waals surface area contributed by atoms with Crippen molar-refractivity contribution in [2.45, 2.75) is 26.3 Å². The van der Waals surface area contributed by atoms with Crippen molar-refractivity contribution in [1.82, 2.24) is 9.80 Å². The van der Waals surface area contributed by atoms with Crippen LogP contribution in [0.2, 0.25) is 0 Å². The lowest BCUT2D eigenvalue weighted by molar-refractivity contribution is 0.0778. The van der Waals surface area contributed by atoms with Crippen LogP contribution in [0.1, 0.15) is 30.6 Å². The summed E-state index contributed by atoms with van der Waals surface area (Å²) in [6, 6.07) is 10.1. The van der Waals surface area contributed by atoms with Crippen LogP contribution in [0.15, 0.2) is 30.3 Å². The lowest BCUT2D eigenvalue weighted by Crippen LogP contribution is -2.38. The van der Waals surface area contributed by atoms with Gasteiger partial charge in [0.05, 0.1) is 0 Å². The lowest BCUT2D eigenvalue weighted by atomic mass is 10.2. The molecule has 0 radical (unpaired) electrons. The summed E-state index contributed by atoms with van der Waals surface area (Å²) in [6.45, 7) is 8.25. The van der Waals surface area contributed by atoms with Crippen molar-refractivity contribution in [2.75, 3.05) is 26.2 Å². The molecule has 3 heteroatoms. The Morgan fingerprint density at radius 3 is 2.56 bits per heavy atom. The average Bonchev–Trinajstić information content (AvgIpc) is 2.90. The van der Waals surface area contributed by atoms with Gasteiger partial charge in [0.2, 0.25) is 0 Å². The summed E-state index contributed by atoms with van der Waals surface area (Å²) < 4.78 is 0. The molecule has 1 aromatic rings. The molecule has 0 aromatic heterocycles. The van der Waals surface area contributed by atoms with Crippen molar-refractivity contribution >= 4 is 5.91 Å². The Morgan fingerprint density at radius 1 is 1.28 bits per heavy atom. The molecule has 2 rings (SSSR count). The fourth-order valence-corrected chi connectivity index (χ4v) is 2.73. The summed E-state index contributed by atoms with van der Waals surface area (Å²) in [4.78, 5) is 16.7. The molecule has 18 heavy (non-hydrogen) atoms. The molecule has 0 aliphatic carbocycles. The van der Waals surface area contributed by atoms with Crippen LogP contribution in [0.5, 0.6) is 0 Å². The van der Waals surface area contributed by atoms with E-state index in [1.54, 1.807) is 0 Å². The van der Waals surface area contributed by atoms with Crippen LogP contribution in [0, 0.1) is 0 Å². The molecule has 1 saturated heterocycles. The Kier molecular flexibility index (Phi) is 4.37. The number of amides is 1. The first-order chi connectivity index (χ1) is 8.76. The van der Waals surface area contributed by atoms with Gasteiger partial charge < -0.3 is 4.90 Å². The highest BCUT2D eigenvalue weighted by Gasteiger charge is 2.29. The monoisotopic (exact) mass is 246 g/mol. The summed E-state index contributed by atoms with van der Waals surface area (Å²) in [7, 11) is 0. The number of hydrogen-bond donors (Lipinski definition) is 0. The van der Waals surface area contributed by atoms with Crippen LogP contribution < -0.4 is 0 Å². The molecule has 1 aromatic carbocycles. The average molecular weight is 246 g/mol. The standard InChI is InChI=1S/C15H22N2O/c1-3-16(4-2)14-10-11-17(12-14)15(18)13-8-6-5-7-9-13/h5-9,14H,3-4,10-12H2,1-2H3. The quantitative estimate of drug-likeness (QED) is 0.813. The third-order valence-corrected chi connectivity index (χ3v) is 3.80. The Balaban J connectivity index is 1.99. The first kappa shape index (κ1) is 13.1. The molecule has 0 N–H and O–H groups in total. The third kappa shape index (κ3) is 2.72. The molecule has 1 aliphatic heterocycles. The van der Waals surface area contributed by atoms with Gasteiger partial charge in [-0.05, 0) is 31.6 Å². The molecule has 1 unspecified atom stereocenters. The molecule has 1 fully saturated rings. The largest absolute Gasteiger partial charge is 0.337 e. The van der Waals surface area contributed by atoms with Crippen LogP contribution in [0.25, 0.3) is 0 Å². The van der Waals surface area contributed by atoms with Crippen LogP contribution >= 0.6 is 0 Å². The van der Waals surface area contributed by atoms with Gasteiger partial charge in [-0.15, -0.1) is 0 Å². The highest BCUT2D eigenvalue weighted by Crippen LogP contribution is 2.17. The molecule has 0 bridgehead atoms. The minimum Gasteiger partial charge on any atom is -0.337 e. The minimum atomic E-state index is 0.172. The first-order valence-electron chi connectivity index (χ1n) is 6.84. The number of carbonyl (C=O) groups excluding carboxylic acids is 1. The van der Waals surface area contributed by atoms with Gasteiger partial charge in [-0.3, -0.25) is 9.69 Å². The van der Waals surface area contributed by atoms with Crippen LogP contribution in [0.4, 0.5) is 0 Å². The zero-order valence-corrected chi connectivity index (χ0v) is 11.3. The first-order valence-corrected chi connectivity index (χ1v) is 6.84. The molecule has 3 nitrogen and oxygen atoms in total. The topological polar surface area (TPSA) is 23.6 Å². The van der Waals surface area contributed by atoms with Crippen molar-refractivity contribution in [3.63, 3.8) is 0 Å². The molecule has 0 spiro atoms. The Hall–Kier alpha value is -1.35. The highest BCUT2D eigenvalue weighted by molar-refractivity contribution is 5.94. The number of nitrogens with zero attached hydrogens (tertiary/aromatic N) is 2. The van der Waals surface area contributed by atoms with E-state index in [1.807, 2.05) is 35.2 Å². The fraction of sp³-hybridized carbons (Fsp3) is 0.533. The van der Waals surface area contributed by atoms with Crippen molar-refractivity contribution in [3.05, 3.63) is 35.9 Å². The normalized spacial score (nSPS) is 19.5. The van der Waals surface area contributed by atoms with Gasteiger partial charge in [-0.2, -0.15) is 0 Å². The van der Waals surface area contributed by atoms with E-state index < -0.39 is 0 Å². The number of likely N-dealkylation sites (tertiary alicyclic amines) is 1. The molecule has 98 valence electrons. The van der Waals surface area contributed by atoms with Gasteiger partial charge in [-0.1, -0.05) is 32.0 Å². The smallest absolute Gasteiger partial charge is 0.253 e. The summed E-state index contributed by atoms with van der Waals surface area (Å²) in [5, 5.41) is 0. The molecule has 1 amide bonds. The van der Waals surface area contributed by atoms with Crippen molar-refractivity contribution in [2.24, 2.45) is 0 Å². The maximum absolute atomic E-state index is 12.3. The highest BCUT2D eigenvalue weighted by atomic mass is 16.2. The zero-order valence-electron chi connectivity index (χ0n) is 11.3. The Morgan fingerprint density at radius 2 is 1.94 bits per heavy atom. The van der Waals surface area contributed by atoms with Crippen molar-refractivity contribution in [3.8, 4) is 0 Å². The number of benzene rings is 1. The van der Waals surface area contributed by atoms with E-state index in [4.69, 9.17) is 0 Å². The Bertz CT molecular complexity index is 387. The van der Waals surface area contributed by atoms with E-state index in [9.17, 15) is 4.79 Å².